The van der Waals surface area contributed by atoms with Crippen molar-refractivity contribution in [3.05, 3.63) is 58.1 Å². The normalized spacial score (nSPS) is 16.0. The van der Waals surface area contributed by atoms with Crippen molar-refractivity contribution in [3.8, 4) is 0 Å². The summed E-state index contributed by atoms with van der Waals surface area (Å²) in [5, 5.41) is 2.92. The number of methoxy groups -OCH3 is 1. The first-order valence-corrected chi connectivity index (χ1v) is 10.1. The molecule has 0 radical (unpaired) electrons. The first-order chi connectivity index (χ1) is 12.5. The number of nitrogens with one attached hydrogen (secondary N) is 1. The van der Waals surface area contributed by atoms with E-state index in [4.69, 9.17) is 4.74 Å². The lowest BCUT2D eigenvalue weighted by Gasteiger charge is -2.35. The van der Waals surface area contributed by atoms with Gasteiger partial charge in [0.05, 0.1) is 7.11 Å². The van der Waals surface area contributed by atoms with E-state index in [1.807, 2.05) is 48.7 Å². The largest absolute Gasteiger partial charge is 0.453 e. The highest BCUT2D eigenvalue weighted by atomic mass is 79.9. The fraction of sp³-hybridized carbons (Fsp3) is 0.263. The van der Waals surface area contributed by atoms with Crippen molar-refractivity contribution in [2.45, 2.75) is 17.4 Å². The van der Waals surface area contributed by atoms with Gasteiger partial charge in [-0.25, -0.2) is 4.79 Å². The monoisotopic (exact) mass is 434 g/mol. The van der Waals surface area contributed by atoms with Gasteiger partial charge in [-0.3, -0.25) is 9.69 Å². The highest BCUT2D eigenvalue weighted by Gasteiger charge is 2.36. The van der Waals surface area contributed by atoms with Gasteiger partial charge in [-0.05, 0) is 60.2 Å². The SMILES string of the molecule is COC(=O)N1CCc2ccc(Br)cc2[C@H]1C(=O)Nc1ccc(SC)cc1. The van der Waals surface area contributed by atoms with Crippen LogP contribution in [0.4, 0.5) is 10.5 Å². The number of nitrogens with zero attached hydrogens (tertiary/aromatic N) is 1. The number of ether oxygens (including phenoxy) is 1. The molecule has 1 aliphatic rings. The number of carbonyl (C=O) groups is 2. The van der Waals surface area contributed by atoms with Crippen LogP contribution in [0.5, 0.6) is 0 Å². The Morgan fingerprint density at radius 2 is 1.96 bits per heavy atom. The van der Waals surface area contributed by atoms with E-state index in [0.717, 1.165) is 20.5 Å². The van der Waals surface area contributed by atoms with Crippen LogP contribution in [0.25, 0.3) is 0 Å². The standard InChI is InChI=1S/C19H19BrN2O3S/c1-25-19(24)22-10-9-12-3-4-13(20)11-16(12)17(22)18(23)21-14-5-7-15(26-2)8-6-14/h3-8,11,17H,9-10H2,1-2H3,(H,21,23)/t17-/m0/s1. The lowest BCUT2D eigenvalue weighted by atomic mass is 9.92. The Balaban J connectivity index is 1.93. The predicted molar refractivity (Wildman–Crippen MR) is 107 cm³/mol. The summed E-state index contributed by atoms with van der Waals surface area (Å²) in [6, 6.07) is 12.7. The minimum absolute atomic E-state index is 0.258. The third-order valence-electron chi connectivity index (χ3n) is 4.35. The van der Waals surface area contributed by atoms with E-state index in [-0.39, 0.29) is 5.91 Å². The Bertz CT molecular complexity index is 826. The zero-order valence-electron chi connectivity index (χ0n) is 14.5. The average Bonchev–Trinajstić information content (AvgIpc) is 2.66. The number of hydrogen-bond donors (Lipinski definition) is 1. The van der Waals surface area contributed by atoms with Crippen molar-refractivity contribution in [2.75, 3.05) is 25.2 Å². The summed E-state index contributed by atoms with van der Waals surface area (Å²) in [5.74, 6) is -0.258. The van der Waals surface area contributed by atoms with Crippen LogP contribution in [0.1, 0.15) is 17.2 Å². The third-order valence-corrected chi connectivity index (χ3v) is 5.59. The summed E-state index contributed by atoms with van der Waals surface area (Å²) in [7, 11) is 1.33. The molecule has 1 aliphatic heterocycles. The van der Waals surface area contributed by atoms with Gasteiger partial charge in [0.25, 0.3) is 5.91 Å². The molecule has 2 aromatic carbocycles. The van der Waals surface area contributed by atoms with Gasteiger partial charge >= 0.3 is 6.09 Å². The maximum atomic E-state index is 13.0. The van der Waals surface area contributed by atoms with Gasteiger partial charge in [0.1, 0.15) is 6.04 Å². The van der Waals surface area contributed by atoms with E-state index >= 15 is 0 Å². The molecule has 0 saturated heterocycles. The molecule has 2 amide bonds. The number of anilines is 1. The molecule has 2 aromatic rings. The molecule has 1 N–H and O–H groups in total. The molecule has 0 saturated carbocycles. The summed E-state index contributed by atoms with van der Waals surface area (Å²) in [6.07, 6.45) is 2.18. The number of benzene rings is 2. The van der Waals surface area contributed by atoms with Gasteiger partial charge < -0.3 is 10.1 Å². The van der Waals surface area contributed by atoms with Crippen molar-refractivity contribution in [2.24, 2.45) is 0 Å². The van der Waals surface area contributed by atoms with E-state index < -0.39 is 12.1 Å². The molecule has 1 atom stereocenters. The summed E-state index contributed by atoms with van der Waals surface area (Å²) in [4.78, 5) is 27.9. The minimum Gasteiger partial charge on any atom is -0.453 e. The Hall–Kier alpha value is -1.99. The van der Waals surface area contributed by atoms with Crippen molar-refractivity contribution in [1.29, 1.82) is 0 Å². The average molecular weight is 435 g/mol. The van der Waals surface area contributed by atoms with Crippen LogP contribution >= 0.6 is 27.7 Å². The molecular formula is C19H19BrN2O3S. The highest BCUT2D eigenvalue weighted by molar-refractivity contribution is 9.10. The Morgan fingerprint density at radius 1 is 1.23 bits per heavy atom. The summed E-state index contributed by atoms with van der Waals surface area (Å²) >= 11 is 5.09. The van der Waals surface area contributed by atoms with Gasteiger partial charge in [-0.15, -0.1) is 11.8 Å². The maximum Gasteiger partial charge on any atom is 0.410 e. The Morgan fingerprint density at radius 3 is 2.62 bits per heavy atom. The molecule has 0 aromatic heterocycles. The second kappa shape index (κ2) is 8.14. The number of amides is 2. The van der Waals surface area contributed by atoms with Crippen LogP contribution < -0.4 is 5.32 Å². The molecule has 1 heterocycles. The Labute approximate surface area is 165 Å². The summed E-state index contributed by atoms with van der Waals surface area (Å²) < 4.78 is 5.75. The number of fused-ring (bicyclic) bond motifs is 1. The van der Waals surface area contributed by atoms with E-state index in [0.29, 0.717) is 18.7 Å². The third kappa shape index (κ3) is 3.88. The number of halogens is 1. The first kappa shape index (κ1) is 18.8. The topological polar surface area (TPSA) is 58.6 Å². The molecule has 0 bridgehead atoms. The molecule has 0 aliphatic carbocycles. The smallest absolute Gasteiger partial charge is 0.410 e. The number of rotatable bonds is 3. The second-order valence-corrected chi connectivity index (χ2v) is 7.67. The molecule has 0 spiro atoms. The first-order valence-electron chi connectivity index (χ1n) is 8.11. The highest BCUT2D eigenvalue weighted by Crippen LogP contribution is 2.33. The van der Waals surface area contributed by atoms with E-state index in [1.54, 1.807) is 11.8 Å². The number of thioether (sulfide) groups is 1. The molecule has 7 heteroatoms. The van der Waals surface area contributed by atoms with Gasteiger partial charge in [-0.2, -0.15) is 0 Å². The van der Waals surface area contributed by atoms with Crippen LogP contribution in [0.15, 0.2) is 51.8 Å². The zero-order chi connectivity index (χ0) is 18.7. The molecule has 136 valence electrons. The van der Waals surface area contributed by atoms with Gasteiger partial charge in [0.2, 0.25) is 0 Å². The minimum atomic E-state index is -0.732. The van der Waals surface area contributed by atoms with Crippen LogP contribution in [0.3, 0.4) is 0 Å². The van der Waals surface area contributed by atoms with Crippen LogP contribution in [-0.2, 0) is 16.0 Å². The van der Waals surface area contributed by atoms with Crippen molar-refractivity contribution in [1.82, 2.24) is 4.90 Å². The summed E-state index contributed by atoms with van der Waals surface area (Å²) in [5.41, 5.74) is 2.57. The number of carbonyl (C=O) groups excluding carboxylic acids is 2. The van der Waals surface area contributed by atoms with E-state index in [1.165, 1.54) is 12.0 Å². The lowest BCUT2D eigenvalue weighted by molar-refractivity contribution is -0.121. The van der Waals surface area contributed by atoms with Crippen molar-refractivity contribution >= 4 is 45.4 Å². The fourth-order valence-corrected chi connectivity index (χ4v) is 3.85. The predicted octanol–water partition coefficient (Wildman–Crippen LogP) is 4.48. The van der Waals surface area contributed by atoms with Gasteiger partial charge in [0, 0.05) is 21.6 Å². The van der Waals surface area contributed by atoms with Gasteiger partial charge in [-0.1, -0.05) is 22.0 Å². The molecular weight excluding hydrogens is 416 g/mol. The number of hydrogen-bond acceptors (Lipinski definition) is 4. The lowest BCUT2D eigenvalue weighted by Crippen LogP contribution is -2.45. The van der Waals surface area contributed by atoms with Crippen molar-refractivity contribution in [3.63, 3.8) is 0 Å². The van der Waals surface area contributed by atoms with Gasteiger partial charge in [0.15, 0.2) is 0 Å². The Kier molecular flexibility index (Phi) is 5.88. The second-order valence-electron chi connectivity index (χ2n) is 5.88. The van der Waals surface area contributed by atoms with Crippen molar-refractivity contribution < 1.29 is 14.3 Å². The molecule has 26 heavy (non-hydrogen) atoms. The van der Waals surface area contributed by atoms with E-state index in [2.05, 4.69) is 21.2 Å². The van der Waals surface area contributed by atoms with Crippen LogP contribution in [-0.4, -0.2) is 36.8 Å². The molecule has 0 fully saturated rings. The maximum absolute atomic E-state index is 13.0. The zero-order valence-corrected chi connectivity index (χ0v) is 16.9. The fourth-order valence-electron chi connectivity index (χ4n) is 3.07. The van der Waals surface area contributed by atoms with Crippen LogP contribution in [0, 0.1) is 0 Å². The van der Waals surface area contributed by atoms with E-state index in [9.17, 15) is 9.59 Å². The quantitative estimate of drug-likeness (QED) is 0.723. The van der Waals surface area contributed by atoms with Crippen LogP contribution in [0.2, 0.25) is 0 Å². The molecule has 0 unspecified atom stereocenters. The summed E-state index contributed by atoms with van der Waals surface area (Å²) in [6.45, 7) is 0.435. The molecule has 3 rings (SSSR count). The molecule has 5 nitrogen and oxygen atoms in total.